The van der Waals surface area contributed by atoms with Gasteiger partial charge in [-0.1, -0.05) is 0 Å². The molecule has 0 saturated carbocycles. The first-order chi connectivity index (χ1) is 7.11. The van der Waals surface area contributed by atoms with Gasteiger partial charge in [0.05, 0.1) is 0 Å². The smallest absolute Gasteiger partial charge is 0.240 e. The maximum atomic E-state index is 11.3. The quantitative estimate of drug-likeness (QED) is 0.352. The van der Waals surface area contributed by atoms with Crippen molar-refractivity contribution in [1.29, 1.82) is 0 Å². The Bertz CT molecular complexity index is 230. The van der Waals surface area contributed by atoms with Crippen LogP contribution in [0, 0.1) is 0 Å². The largest absolute Gasteiger partial charge is 0.281 e. The molecule has 2 N–H and O–H groups in total. The Kier molecular flexibility index (Phi) is 7.17. The van der Waals surface area contributed by atoms with E-state index in [1.54, 1.807) is 14.1 Å². The number of hydrogen-bond acceptors (Lipinski definition) is 4. The molecule has 15 heavy (non-hydrogen) atoms. The molecule has 6 heteroatoms. The van der Waals surface area contributed by atoms with E-state index in [2.05, 4.69) is 22.7 Å². The topological polar surface area (TPSA) is 73.8 Å². The molecule has 0 unspecified atom stereocenters. The summed E-state index contributed by atoms with van der Waals surface area (Å²) in [5.74, 6) is -0.154. The standard InChI is InChI=1S/C9H18N4O2/c1-10-12-8(14)6-4-5-7-9(15)13(3)11-2/h11H,1,4-7H2,2-3H3,(H,12,14). The predicted molar refractivity (Wildman–Crippen MR) is 58.0 cm³/mol. The first-order valence-corrected chi connectivity index (χ1v) is 4.80. The lowest BCUT2D eigenvalue weighted by Gasteiger charge is -2.14. The molecule has 0 aliphatic carbocycles. The Morgan fingerprint density at radius 1 is 1.33 bits per heavy atom. The highest BCUT2D eigenvalue weighted by Crippen LogP contribution is 2.01. The Hall–Kier alpha value is -1.43. The van der Waals surface area contributed by atoms with E-state index in [-0.39, 0.29) is 11.8 Å². The van der Waals surface area contributed by atoms with Gasteiger partial charge in [-0.05, 0) is 12.8 Å². The summed E-state index contributed by atoms with van der Waals surface area (Å²) >= 11 is 0. The molecule has 0 rings (SSSR count). The third-order valence-corrected chi connectivity index (χ3v) is 1.96. The maximum absolute atomic E-state index is 11.3. The van der Waals surface area contributed by atoms with Crippen molar-refractivity contribution in [2.45, 2.75) is 25.7 Å². The highest BCUT2D eigenvalue weighted by molar-refractivity contribution is 5.76. The molecule has 0 spiro atoms. The molecule has 0 aromatic rings. The lowest BCUT2D eigenvalue weighted by molar-refractivity contribution is -0.132. The van der Waals surface area contributed by atoms with E-state index in [1.807, 2.05) is 0 Å². The highest BCUT2D eigenvalue weighted by Gasteiger charge is 2.06. The lowest BCUT2D eigenvalue weighted by Crippen LogP contribution is -2.36. The number of amides is 2. The fourth-order valence-electron chi connectivity index (χ4n) is 0.998. The fraction of sp³-hybridized carbons (Fsp3) is 0.667. The Morgan fingerprint density at radius 2 is 1.93 bits per heavy atom. The van der Waals surface area contributed by atoms with Crippen LogP contribution in [0.4, 0.5) is 0 Å². The fourth-order valence-corrected chi connectivity index (χ4v) is 0.998. The number of hydrazone groups is 1. The molecule has 2 amide bonds. The zero-order valence-corrected chi connectivity index (χ0v) is 9.25. The third-order valence-electron chi connectivity index (χ3n) is 1.96. The van der Waals surface area contributed by atoms with E-state index < -0.39 is 0 Å². The van der Waals surface area contributed by atoms with Crippen molar-refractivity contribution in [2.24, 2.45) is 5.10 Å². The predicted octanol–water partition coefficient (Wildman–Crippen LogP) is -0.129. The summed E-state index contributed by atoms with van der Waals surface area (Å²) < 4.78 is 0. The number of nitrogens with one attached hydrogen (secondary N) is 2. The molecule has 0 atom stereocenters. The van der Waals surface area contributed by atoms with Crippen molar-refractivity contribution < 1.29 is 9.59 Å². The van der Waals surface area contributed by atoms with Gasteiger partial charge >= 0.3 is 0 Å². The van der Waals surface area contributed by atoms with Gasteiger partial charge in [0.2, 0.25) is 11.8 Å². The Morgan fingerprint density at radius 3 is 2.47 bits per heavy atom. The number of unbranched alkanes of at least 4 members (excludes halogenated alkanes) is 1. The number of hydrazine groups is 1. The zero-order valence-electron chi connectivity index (χ0n) is 9.25. The number of hydrogen-bond donors (Lipinski definition) is 2. The van der Waals surface area contributed by atoms with Gasteiger partial charge in [0.25, 0.3) is 0 Å². The van der Waals surface area contributed by atoms with Crippen LogP contribution in [0.25, 0.3) is 0 Å². The van der Waals surface area contributed by atoms with E-state index >= 15 is 0 Å². The van der Waals surface area contributed by atoms with Crippen LogP contribution in [-0.4, -0.2) is 37.6 Å². The molecule has 0 saturated heterocycles. The molecule has 86 valence electrons. The van der Waals surface area contributed by atoms with Gasteiger partial charge in [-0.3, -0.25) is 14.6 Å². The molecule has 0 radical (unpaired) electrons. The van der Waals surface area contributed by atoms with Crippen LogP contribution in [0.5, 0.6) is 0 Å². The van der Waals surface area contributed by atoms with Gasteiger partial charge in [0.1, 0.15) is 0 Å². The molecular formula is C9H18N4O2. The molecule has 0 aliphatic rings. The minimum Gasteiger partial charge on any atom is -0.281 e. The number of rotatable bonds is 7. The van der Waals surface area contributed by atoms with Crippen LogP contribution in [-0.2, 0) is 9.59 Å². The average molecular weight is 214 g/mol. The second-order valence-electron chi connectivity index (χ2n) is 3.08. The summed E-state index contributed by atoms with van der Waals surface area (Å²) in [6.45, 7) is 3.14. The van der Waals surface area contributed by atoms with Crippen LogP contribution >= 0.6 is 0 Å². The van der Waals surface area contributed by atoms with Crippen LogP contribution in [0.2, 0.25) is 0 Å². The van der Waals surface area contributed by atoms with Gasteiger partial charge in [0.15, 0.2) is 0 Å². The van der Waals surface area contributed by atoms with Crippen molar-refractivity contribution in [2.75, 3.05) is 14.1 Å². The molecule has 0 fully saturated rings. The molecule has 0 aromatic heterocycles. The summed E-state index contributed by atoms with van der Waals surface area (Å²) in [6.07, 6.45) is 2.17. The van der Waals surface area contributed by atoms with Crippen LogP contribution < -0.4 is 10.9 Å². The second kappa shape index (κ2) is 7.93. The summed E-state index contributed by atoms with van der Waals surface area (Å²) in [5.41, 5.74) is 4.95. The third kappa shape index (κ3) is 6.62. The first kappa shape index (κ1) is 13.6. The van der Waals surface area contributed by atoms with E-state index in [0.717, 1.165) is 0 Å². The molecule has 0 aromatic carbocycles. The van der Waals surface area contributed by atoms with Crippen LogP contribution in [0.15, 0.2) is 5.10 Å². The maximum Gasteiger partial charge on any atom is 0.240 e. The van der Waals surface area contributed by atoms with Gasteiger partial charge in [0, 0.05) is 33.7 Å². The average Bonchev–Trinajstić information content (AvgIpc) is 2.23. The zero-order chi connectivity index (χ0) is 11.7. The number of carbonyl (C=O) groups excluding carboxylic acids is 2. The number of nitrogens with zero attached hydrogens (tertiary/aromatic N) is 2. The van der Waals surface area contributed by atoms with Crippen molar-refractivity contribution in [3.05, 3.63) is 0 Å². The summed E-state index contributed by atoms with van der Waals surface area (Å²) in [7, 11) is 3.35. The Labute approximate surface area is 89.7 Å². The highest BCUT2D eigenvalue weighted by atomic mass is 16.2. The second-order valence-corrected chi connectivity index (χ2v) is 3.08. The van der Waals surface area contributed by atoms with Crippen LogP contribution in [0.1, 0.15) is 25.7 Å². The van der Waals surface area contributed by atoms with Crippen LogP contribution in [0.3, 0.4) is 0 Å². The SMILES string of the molecule is C=NNC(=O)CCCCC(=O)N(C)NC. The van der Waals surface area contributed by atoms with E-state index in [1.165, 1.54) is 5.01 Å². The van der Waals surface area contributed by atoms with E-state index in [0.29, 0.717) is 25.7 Å². The van der Waals surface area contributed by atoms with Gasteiger partial charge < -0.3 is 0 Å². The first-order valence-electron chi connectivity index (χ1n) is 4.80. The van der Waals surface area contributed by atoms with Crippen molar-refractivity contribution in [3.8, 4) is 0 Å². The van der Waals surface area contributed by atoms with Crippen molar-refractivity contribution in [3.63, 3.8) is 0 Å². The minimum absolute atomic E-state index is 0.0137. The lowest BCUT2D eigenvalue weighted by atomic mass is 10.2. The molecule has 6 nitrogen and oxygen atoms in total. The van der Waals surface area contributed by atoms with E-state index in [4.69, 9.17) is 0 Å². The van der Waals surface area contributed by atoms with Gasteiger partial charge in [-0.25, -0.2) is 10.9 Å². The normalized spacial score (nSPS) is 9.47. The molecular weight excluding hydrogens is 196 g/mol. The number of carbonyl (C=O) groups is 2. The molecule has 0 aliphatic heterocycles. The molecule has 0 heterocycles. The summed E-state index contributed by atoms with van der Waals surface area (Å²) in [6, 6.07) is 0. The Balaban J connectivity index is 3.50. The van der Waals surface area contributed by atoms with Crippen molar-refractivity contribution >= 4 is 18.5 Å². The van der Waals surface area contributed by atoms with E-state index in [9.17, 15) is 9.59 Å². The van der Waals surface area contributed by atoms with Crippen molar-refractivity contribution in [1.82, 2.24) is 15.9 Å². The summed E-state index contributed by atoms with van der Waals surface area (Å²) in [4.78, 5) is 22.2. The van der Waals surface area contributed by atoms with Gasteiger partial charge in [-0.2, -0.15) is 5.10 Å². The molecule has 0 bridgehead atoms. The minimum atomic E-state index is -0.167. The monoisotopic (exact) mass is 214 g/mol. The summed E-state index contributed by atoms with van der Waals surface area (Å²) in [5, 5.41) is 4.68. The van der Waals surface area contributed by atoms with Gasteiger partial charge in [-0.15, -0.1) is 0 Å².